The highest BCUT2D eigenvalue weighted by molar-refractivity contribution is 5.93. The molecule has 3 aromatic rings. The lowest BCUT2D eigenvalue weighted by Crippen LogP contribution is -2.35. The third-order valence-corrected chi connectivity index (χ3v) is 5.07. The van der Waals surface area contributed by atoms with Crippen molar-refractivity contribution in [2.75, 3.05) is 26.2 Å². The monoisotopic (exact) mass is 395 g/mol. The minimum Gasteiger partial charge on any atom is -0.337 e. The van der Waals surface area contributed by atoms with Crippen molar-refractivity contribution in [3.8, 4) is 0 Å². The standard InChI is InChI=1S/C21H22FN5O2/c1-15-3-4-19-24-18(10-20(28)27(19)13-15)14-25-5-2-6-26(8-7-25)21(29)16-9-17(22)12-23-11-16/h3-4,9-13H,2,5-8,14H2,1H3. The van der Waals surface area contributed by atoms with E-state index in [1.165, 1.54) is 12.3 Å². The van der Waals surface area contributed by atoms with Gasteiger partial charge < -0.3 is 4.90 Å². The molecule has 7 nitrogen and oxygen atoms in total. The van der Waals surface area contributed by atoms with Crippen molar-refractivity contribution < 1.29 is 9.18 Å². The molecule has 0 spiro atoms. The molecule has 150 valence electrons. The van der Waals surface area contributed by atoms with Crippen LogP contribution in [0.3, 0.4) is 0 Å². The predicted octanol–water partition coefficient (Wildman–Crippen LogP) is 1.89. The quantitative estimate of drug-likeness (QED) is 0.677. The van der Waals surface area contributed by atoms with Gasteiger partial charge in [-0.15, -0.1) is 0 Å². The lowest BCUT2D eigenvalue weighted by atomic mass is 10.2. The normalized spacial score (nSPS) is 15.4. The van der Waals surface area contributed by atoms with Crippen molar-refractivity contribution >= 4 is 11.6 Å². The van der Waals surface area contributed by atoms with Crippen molar-refractivity contribution in [2.24, 2.45) is 0 Å². The molecular formula is C21H22FN5O2. The summed E-state index contributed by atoms with van der Waals surface area (Å²) in [6.45, 7) is 5.05. The fraction of sp³-hybridized carbons (Fsp3) is 0.333. The van der Waals surface area contributed by atoms with Crippen LogP contribution in [0.1, 0.15) is 28.0 Å². The summed E-state index contributed by atoms with van der Waals surface area (Å²) in [4.78, 5) is 37.3. The molecule has 1 fully saturated rings. The molecule has 8 heteroatoms. The van der Waals surface area contributed by atoms with E-state index in [-0.39, 0.29) is 17.0 Å². The van der Waals surface area contributed by atoms with Gasteiger partial charge in [0.2, 0.25) is 0 Å². The molecular weight excluding hydrogens is 373 g/mol. The second kappa shape index (κ2) is 8.08. The van der Waals surface area contributed by atoms with Crippen LogP contribution in [0.15, 0.2) is 47.7 Å². The summed E-state index contributed by atoms with van der Waals surface area (Å²) in [5, 5.41) is 0. The second-order valence-electron chi connectivity index (χ2n) is 7.33. The average molecular weight is 395 g/mol. The first-order valence-corrected chi connectivity index (χ1v) is 9.61. The van der Waals surface area contributed by atoms with Gasteiger partial charge in [-0.1, -0.05) is 6.07 Å². The zero-order valence-electron chi connectivity index (χ0n) is 16.2. The van der Waals surface area contributed by atoms with Crippen LogP contribution in [-0.2, 0) is 6.54 Å². The van der Waals surface area contributed by atoms with Crippen LogP contribution in [0.25, 0.3) is 5.65 Å². The molecule has 0 saturated carbocycles. The summed E-state index contributed by atoms with van der Waals surface area (Å²) in [6, 6.07) is 6.56. The highest BCUT2D eigenvalue weighted by Gasteiger charge is 2.21. The number of aryl methyl sites for hydroxylation is 1. The highest BCUT2D eigenvalue weighted by atomic mass is 19.1. The minimum absolute atomic E-state index is 0.0982. The van der Waals surface area contributed by atoms with Crippen LogP contribution in [0.4, 0.5) is 4.39 Å². The number of carbonyl (C=O) groups is 1. The molecule has 3 aromatic heterocycles. The summed E-state index contributed by atoms with van der Waals surface area (Å²) in [5.74, 6) is -0.729. The van der Waals surface area contributed by atoms with E-state index < -0.39 is 5.82 Å². The molecule has 0 radical (unpaired) electrons. The Bertz CT molecular complexity index is 1110. The molecule has 29 heavy (non-hydrogen) atoms. The number of nitrogens with zero attached hydrogens (tertiary/aromatic N) is 5. The number of aromatic nitrogens is 3. The third kappa shape index (κ3) is 4.32. The van der Waals surface area contributed by atoms with Gasteiger partial charge in [0.25, 0.3) is 11.5 Å². The van der Waals surface area contributed by atoms with Gasteiger partial charge in [-0.25, -0.2) is 9.37 Å². The molecule has 0 aromatic carbocycles. The third-order valence-electron chi connectivity index (χ3n) is 5.07. The maximum atomic E-state index is 13.4. The number of pyridine rings is 2. The van der Waals surface area contributed by atoms with Crippen molar-refractivity contribution in [1.29, 1.82) is 0 Å². The zero-order valence-corrected chi connectivity index (χ0v) is 16.2. The number of rotatable bonds is 3. The first kappa shape index (κ1) is 19.2. The van der Waals surface area contributed by atoms with Crippen LogP contribution < -0.4 is 5.56 Å². The van der Waals surface area contributed by atoms with E-state index in [4.69, 9.17) is 0 Å². The van der Waals surface area contributed by atoms with Crippen molar-refractivity contribution in [3.05, 3.63) is 75.8 Å². The Morgan fingerprint density at radius 3 is 2.83 bits per heavy atom. The smallest absolute Gasteiger partial charge is 0.258 e. The molecule has 0 aliphatic carbocycles. The van der Waals surface area contributed by atoms with Gasteiger partial charge in [0.05, 0.1) is 17.5 Å². The minimum atomic E-state index is -0.517. The van der Waals surface area contributed by atoms with Crippen LogP contribution in [0, 0.1) is 12.7 Å². The van der Waals surface area contributed by atoms with Gasteiger partial charge in [-0.3, -0.25) is 23.9 Å². The summed E-state index contributed by atoms with van der Waals surface area (Å²) in [6.07, 6.45) is 5.05. The number of carbonyl (C=O) groups excluding carboxylic acids is 1. The van der Waals surface area contributed by atoms with Gasteiger partial charge in [-0.05, 0) is 31.0 Å². The van der Waals surface area contributed by atoms with E-state index in [1.807, 2.05) is 19.1 Å². The Labute approximate surface area is 167 Å². The molecule has 0 N–H and O–H groups in total. The van der Waals surface area contributed by atoms with Crippen molar-refractivity contribution in [2.45, 2.75) is 19.9 Å². The van der Waals surface area contributed by atoms with Crippen LogP contribution in [0.2, 0.25) is 0 Å². The second-order valence-corrected chi connectivity index (χ2v) is 7.33. The maximum Gasteiger partial charge on any atom is 0.258 e. The number of halogens is 1. The van der Waals surface area contributed by atoms with Crippen molar-refractivity contribution in [3.63, 3.8) is 0 Å². The average Bonchev–Trinajstić information content (AvgIpc) is 2.94. The SMILES string of the molecule is Cc1ccc2nc(CN3CCCN(C(=O)c4cncc(F)c4)CC3)cc(=O)n2c1. The summed E-state index contributed by atoms with van der Waals surface area (Å²) >= 11 is 0. The van der Waals surface area contributed by atoms with Crippen LogP contribution in [-0.4, -0.2) is 56.3 Å². The molecule has 1 saturated heterocycles. The highest BCUT2D eigenvalue weighted by Crippen LogP contribution is 2.12. The fourth-order valence-corrected chi connectivity index (χ4v) is 3.61. The Morgan fingerprint density at radius 2 is 2.00 bits per heavy atom. The number of amides is 1. The molecule has 0 atom stereocenters. The van der Waals surface area contributed by atoms with Crippen LogP contribution in [0.5, 0.6) is 0 Å². The lowest BCUT2D eigenvalue weighted by Gasteiger charge is -2.22. The van der Waals surface area contributed by atoms with Gasteiger partial charge in [0.1, 0.15) is 11.5 Å². The Kier molecular flexibility index (Phi) is 5.35. The van der Waals surface area contributed by atoms with E-state index in [1.54, 1.807) is 21.6 Å². The summed E-state index contributed by atoms with van der Waals surface area (Å²) in [7, 11) is 0. The molecule has 0 bridgehead atoms. The Balaban J connectivity index is 1.45. The number of hydrogen-bond acceptors (Lipinski definition) is 5. The van der Waals surface area contributed by atoms with Crippen LogP contribution >= 0.6 is 0 Å². The van der Waals surface area contributed by atoms with Gasteiger partial charge in [-0.2, -0.15) is 0 Å². The molecule has 1 aliphatic heterocycles. The Hall–Kier alpha value is -3.13. The molecule has 1 amide bonds. The predicted molar refractivity (Wildman–Crippen MR) is 106 cm³/mol. The molecule has 4 rings (SSSR count). The largest absolute Gasteiger partial charge is 0.337 e. The van der Waals surface area contributed by atoms with E-state index in [9.17, 15) is 14.0 Å². The van der Waals surface area contributed by atoms with E-state index >= 15 is 0 Å². The topological polar surface area (TPSA) is 70.8 Å². The first-order valence-electron chi connectivity index (χ1n) is 9.61. The van der Waals surface area contributed by atoms with Crippen molar-refractivity contribution in [1.82, 2.24) is 24.2 Å². The Morgan fingerprint density at radius 1 is 1.14 bits per heavy atom. The maximum absolute atomic E-state index is 13.4. The van der Waals surface area contributed by atoms with E-state index in [0.29, 0.717) is 37.5 Å². The van der Waals surface area contributed by atoms with Gasteiger partial charge in [0, 0.05) is 51.2 Å². The number of hydrogen-bond donors (Lipinski definition) is 0. The molecule has 1 aliphatic rings. The van der Waals surface area contributed by atoms with Gasteiger partial charge >= 0.3 is 0 Å². The summed E-state index contributed by atoms with van der Waals surface area (Å²) in [5.41, 5.74) is 2.51. The summed E-state index contributed by atoms with van der Waals surface area (Å²) < 4.78 is 14.9. The first-order chi connectivity index (χ1) is 14.0. The zero-order chi connectivity index (χ0) is 20.4. The molecule has 4 heterocycles. The molecule has 0 unspecified atom stereocenters. The number of fused-ring (bicyclic) bond motifs is 1. The van der Waals surface area contributed by atoms with E-state index in [2.05, 4.69) is 14.9 Å². The van der Waals surface area contributed by atoms with E-state index in [0.717, 1.165) is 24.7 Å². The fourth-order valence-electron chi connectivity index (χ4n) is 3.61. The lowest BCUT2D eigenvalue weighted by molar-refractivity contribution is 0.0760. The van der Waals surface area contributed by atoms with Gasteiger partial charge in [0.15, 0.2) is 0 Å².